The van der Waals surface area contributed by atoms with Crippen molar-refractivity contribution in [3.05, 3.63) is 34.4 Å². The highest BCUT2D eigenvalue weighted by molar-refractivity contribution is 5.74. The number of nitro groups is 1. The highest BCUT2D eigenvalue weighted by Crippen LogP contribution is 2.19. The Morgan fingerprint density at radius 1 is 1.13 bits per heavy atom. The quantitative estimate of drug-likeness (QED) is 0.215. The standard InChI is InChI=1S/C16H21NO6/c1-2-3-4-11-22-15(18)9-6-10-16(19)23-14-8-5-7-13(12-14)17(20)21/h5,7-8,12H,2-4,6,9-11H2,1H3. The van der Waals surface area contributed by atoms with E-state index in [-0.39, 0.29) is 30.2 Å². The van der Waals surface area contributed by atoms with Crippen LogP contribution >= 0.6 is 0 Å². The van der Waals surface area contributed by atoms with Crippen LogP contribution in [0.3, 0.4) is 0 Å². The van der Waals surface area contributed by atoms with Gasteiger partial charge in [-0.1, -0.05) is 25.8 Å². The van der Waals surface area contributed by atoms with Crippen molar-refractivity contribution in [2.45, 2.75) is 45.4 Å². The molecular weight excluding hydrogens is 302 g/mol. The van der Waals surface area contributed by atoms with Gasteiger partial charge in [0.1, 0.15) is 5.75 Å². The van der Waals surface area contributed by atoms with E-state index < -0.39 is 10.9 Å². The van der Waals surface area contributed by atoms with Crippen molar-refractivity contribution < 1.29 is 24.0 Å². The number of rotatable bonds is 10. The van der Waals surface area contributed by atoms with Crippen molar-refractivity contribution in [1.82, 2.24) is 0 Å². The maximum atomic E-state index is 11.6. The van der Waals surface area contributed by atoms with E-state index in [4.69, 9.17) is 9.47 Å². The molecule has 1 aromatic rings. The third-order valence-electron chi connectivity index (χ3n) is 3.03. The normalized spacial score (nSPS) is 10.1. The van der Waals surface area contributed by atoms with Crippen LogP contribution in [0.5, 0.6) is 5.75 Å². The number of carbonyl (C=O) groups is 2. The van der Waals surface area contributed by atoms with E-state index in [0.717, 1.165) is 19.3 Å². The number of nitro benzene ring substituents is 1. The van der Waals surface area contributed by atoms with Gasteiger partial charge < -0.3 is 9.47 Å². The van der Waals surface area contributed by atoms with Gasteiger partial charge in [-0.15, -0.1) is 0 Å². The molecule has 0 saturated carbocycles. The minimum atomic E-state index is -0.564. The predicted molar refractivity (Wildman–Crippen MR) is 83.1 cm³/mol. The van der Waals surface area contributed by atoms with Gasteiger partial charge >= 0.3 is 11.9 Å². The van der Waals surface area contributed by atoms with Crippen LogP contribution in [0.25, 0.3) is 0 Å². The molecule has 0 amide bonds. The lowest BCUT2D eigenvalue weighted by Gasteiger charge is -2.05. The third kappa shape index (κ3) is 7.94. The van der Waals surface area contributed by atoms with Gasteiger partial charge in [-0.05, 0) is 18.9 Å². The molecule has 0 aromatic heterocycles. The molecule has 0 bridgehead atoms. The Labute approximate surface area is 134 Å². The van der Waals surface area contributed by atoms with E-state index >= 15 is 0 Å². The zero-order valence-corrected chi connectivity index (χ0v) is 13.2. The summed E-state index contributed by atoms with van der Waals surface area (Å²) in [5.74, 6) is -0.750. The second-order valence-electron chi connectivity index (χ2n) is 5.01. The van der Waals surface area contributed by atoms with Gasteiger partial charge in [-0.3, -0.25) is 19.7 Å². The van der Waals surface area contributed by atoms with Gasteiger partial charge in [-0.2, -0.15) is 0 Å². The van der Waals surface area contributed by atoms with Crippen LogP contribution in [-0.2, 0) is 14.3 Å². The molecule has 0 aliphatic carbocycles. The molecule has 0 spiro atoms. The van der Waals surface area contributed by atoms with Crippen molar-refractivity contribution in [2.24, 2.45) is 0 Å². The van der Waals surface area contributed by atoms with Crippen LogP contribution in [0.1, 0.15) is 45.4 Å². The molecule has 0 radical (unpaired) electrons. The van der Waals surface area contributed by atoms with E-state index in [9.17, 15) is 19.7 Å². The minimum absolute atomic E-state index is 0.0484. The van der Waals surface area contributed by atoms with Crippen molar-refractivity contribution in [2.75, 3.05) is 6.61 Å². The van der Waals surface area contributed by atoms with Gasteiger partial charge in [0.05, 0.1) is 17.6 Å². The van der Waals surface area contributed by atoms with E-state index in [2.05, 4.69) is 6.92 Å². The number of hydrogen-bond acceptors (Lipinski definition) is 6. The molecule has 1 rings (SSSR count). The molecule has 0 aliphatic heterocycles. The lowest BCUT2D eigenvalue weighted by molar-refractivity contribution is -0.384. The summed E-state index contributed by atoms with van der Waals surface area (Å²) in [6.45, 7) is 2.47. The van der Waals surface area contributed by atoms with Gasteiger partial charge in [0, 0.05) is 18.9 Å². The minimum Gasteiger partial charge on any atom is -0.466 e. The number of hydrogen-bond donors (Lipinski definition) is 0. The Hall–Kier alpha value is -2.44. The first kappa shape index (κ1) is 18.6. The first-order chi connectivity index (χ1) is 11.0. The Balaban J connectivity index is 2.25. The van der Waals surface area contributed by atoms with E-state index in [1.807, 2.05) is 0 Å². The average molecular weight is 323 g/mol. The molecule has 126 valence electrons. The summed E-state index contributed by atoms with van der Waals surface area (Å²) < 4.78 is 10.0. The molecule has 1 aromatic carbocycles. The summed E-state index contributed by atoms with van der Waals surface area (Å²) >= 11 is 0. The molecule has 0 aliphatic rings. The smallest absolute Gasteiger partial charge is 0.311 e. The fourth-order valence-electron chi connectivity index (χ4n) is 1.83. The first-order valence-electron chi connectivity index (χ1n) is 7.63. The van der Waals surface area contributed by atoms with Gasteiger partial charge in [-0.25, -0.2) is 0 Å². The van der Waals surface area contributed by atoms with Crippen molar-refractivity contribution in [3.63, 3.8) is 0 Å². The Kier molecular flexibility index (Phi) is 8.34. The molecular formula is C16H21NO6. The summed E-state index contributed by atoms with van der Waals surface area (Å²) in [6.07, 6.45) is 3.43. The van der Waals surface area contributed by atoms with Gasteiger partial charge in [0.15, 0.2) is 0 Å². The molecule has 0 atom stereocenters. The monoisotopic (exact) mass is 323 g/mol. The highest BCUT2D eigenvalue weighted by Gasteiger charge is 2.11. The zero-order chi connectivity index (χ0) is 17.1. The number of esters is 2. The van der Waals surface area contributed by atoms with Crippen LogP contribution in [0.2, 0.25) is 0 Å². The summed E-state index contributed by atoms with van der Waals surface area (Å²) in [6, 6.07) is 5.40. The van der Waals surface area contributed by atoms with Gasteiger partial charge in [0.25, 0.3) is 5.69 Å². The number of nitrogens with zero attached hydrogens (tertiary/aromatic N) is 1. The number of carbonyl (C=O) groups excluding carboxylic acids is 2. The lowest BCUT2D eigenvalue weighted by Crippen LogP contribution is -2.10. The summed E-state index contributed by atoms with van der Waals surface area (Å²) in [5, 5.41) is 10.6. The van der Waals surface area contributed by atoms with Crippen LogP contribution < -0.4 is 4.74 Å². The topological polar surface area (TPSA) is 95.7 Å². The fraction of sp³-hybridized carbons (Fsp3) is 0.500. The third-order valence-corrected chi connectivity index (χ3v) is 3.03. The maximum Gasteiger partial charge on any atom is 0.311 e. The molecule has 0 unspecified atom stereocenters. The number of unbranched alkanes of at least 4 members (excludes halogenated alkanes) is 2. The number of ether oxygens (including phenoxy) is 2. The number of non-ortho nitro benzene ring substituents is 1. The second kappa shape index (κ2) is 10.3. The largest absolute Gasteiger partial charge is 0.466 e. The Morgan fingerprint density at radius 3 is 2.57 bits per heavy atom. The zero-order valence-electron chi connectivity index (χ0n) is 13.2. The molecule has 0 N–H and O–H groups in total. The Bertz CT molecular complexity index is 543. The van der Waals surface area contributed by atoms with E-state index in [0.29, 0.717) is 13.0 Å². The summed E-state index contributed by atoms with van der Waals surface area (Å²) in [4.78, 5) is 33.1. The molecule has 7 nitrogen and oxygen atoms in total. The summed E-state index contributed by atoms with van der Waals surface area (Å²) in [5.41, 5.74) is -0.147. The SMILES string of the molecule is CCCCCOC(=O)CCCC(=O)Oc1cccc([N+](=O)[O-])c1. The van der Waals surface area contributed by atoms with Crippen molar-refractivity contribution >= 4 is 17.6 Å². The molecule has 0 saturated heterocycles. The molecule has 0 fully saturated rings. The highest BCUT2D eigenvalue weighted by atomic mass is 16.6. The second-order valence-corrected chi connectivity index (χ2v) is 5.01. The van der Waals surface area contributed by atoms with Crippen LogP contribution in [0.4, 0.5) is 5.69 Å². The molecule has 0 heterocycles. The van der Waals surface area contributed by atoms with Crippen LogP contribution in [0.15, 0.2) is 24.3 Å². The average Bonchev–Trinajstić information content (AvgIpc) is 2.52. The number of benzene rings is 1. The lowest BCUT2D eigenvalue weighted by atomic mass is 10.2. The predicted octanol–water partition coefficient (Wildman–Crippen LogP) is 3.40. The first-order valence-corrected chi connectivity index (χ1v) is 7.63. The maximum absolute atomic E-state index is 11.6. The molecule has 7 heteroatoms. The molecule has 23 heavy (non-hydrogen) atoms. The van der Waals surface area contributed by atoms with Gasteiger partial charge in [0.2, 0.25) is 0 Å². The van der Waals surface area contributed by atoms with E-state index in [1.165, 1.54) is 24.3 Å². The Morgan fingerprint density at radius 2 is 1.87 bits per heavy atom. The van der Waals surface area contributed by atoms with E-state index in [1.54, 1.807) is 0 Å². The summed E-state index contributed by atoms with van der Waals surface area (Å²) in [7, 11) is 0. The van der Waals surface area contributed by atoms with Crippen LogP contribution in [0, 0.1) is 10.1 Å². The van der Waals surface area contributed by atoms with Crippen molar-refractivity contribution in [1.29, 1.82) is 0 Å². The fourth-order valence-corrected chi connectivity index (χ4v) is 1.83. The van der Waals surface area contributed by atoms with Crippen LogP contribution in [-0.4, -0.2) is 23.5 Å². The van der Waals surface area contributed by atoms with Crippen molar-refractivity contribution in [3.8, 4) is 5.75 Å².